The van der Waals surface area contributed by atoms with Crippen molar-refractivity contribution in [2.45, 2.75) is 4.90 Å². The van der Waals surface area contributed by atoms with Crippen molar-refractivity contribution in [3.05, 3.63) is 47.5 Å². The Bertz CT molecular complexity index is 853. The highest BCUT2D eigenvalue weighted by Gasteiger charge is 2.10. The Morgan fingerprint density at radius 1 is 1.21 bits per heavy atom. The zero-order chi connectivity index (χ0) is 17.7. The lowest BCUT2D eigenvalue weighted by Gasteiger charge is -2.12. The number of carbonyl (C=O) groups is 1. The molecule has 0 aliphatic rings. The summed E-state index contributed by atoms with van der Waals surface area (Å²) in [6.45, 7) is -0.0388. The maximum atomic E-state index is 12.1. The van der Waals surface area contributed by atoms with E-state index in [1.807, 2.05) is 0 Å². The van der Waals surface area contributed by atoms with Gasteiger partial charge in [0.05, 0.1) is 24.2 Å². The van der Waals surface area contributed by atoms with E-state index < -0.39 is 9.84 Å². The molecular formula is C16H17ClN2O4S. The molecule has 0 heterocycles. The molecule has 24 heavy (non-hydrogen) atoms. The quantitative estimate of drug-likeness (QED) is 0.819. The van der Waals surface area contributed by atoms with Gasteiger partial charge in [0.25, 0.3) is 0 Å². The van der Waals surface area contributed by atoms with Crippen LogP contribution in [0.1, 0.15) is 0 Å². The molecule has 0 aromatic heterocycles. The van der Waals surface area contributed by atoms with E-state index in [4.69, 9.17) is 16.3 Å². The molecule has 0 aliphatic heterocycles. The molecule has 0 fully saturated rings. The van der Waals surface area contributed by atoms with Gasteiger partial charge in [0.1, 0.15) is 5.75 Å². The number of amides is 1. The third-order valence-corrected chi connectivity index (χ3v) is 4.50. The smallest absolute Gasteiger partial charge is 0.243 e. The second-order valence-corrected chi connectivity index (χ2v) is 7.50. The Hall–Kier alpha value is -2.25. The number of methoxy groups -OCH3 is 1. The molecule has 2 aromatic carbocycles. The minimum absolute atomic E-state index is 0.0388. The fourth-order valence-electron chi connectivity index (χ4n) is 1.99. The fourth-order valence-corrected chi connectivity index (χ4v) is 2.83. The summed E-state index contributed by atoms with van der Waals surface area (Å²) in [5.74, 6) is 0.173. The minimum Gasteiger partial charge on any atom is -0.495 e. The van der Waals surface area contributed by atoms with Gasteiger partial charge in [-0.05, 0) is 36.4 Å². The zero-order valence-electron chi connectivity index (χ0n) is 13.2. The average Bonchev–Trinajstić information content (AvgIpc) is 2.53. The minimum atomic E-state index is -3.30. The second-order valence-electron chi connectivity index (χ2n) is 5.05. The van der Waals surface area contributed by atoms with Gasteiger partial charge < -0.3 is 15.4 Å². The summed E-state index contributed by atoms with van der Waals surface area (Å²) in [6, 6.07) is 11.2. The van der Waals surface area contributed by atoms with Gasteiger partial charge in [-0.1, -0.05) is 17.7 Å². The number of carbonyl (C=O) groups excluding carboxylic acids is 1. The summed E-state index contributed by atoms with van der Waals surface area (Å²) >= 11 is 5.91. The van der Waals surface area contributed by atoms with Crippen molar-refractivity contribution in [3.8, 4) is 5.75 Å². The highest BCUT2D eigenvalue weighted by molar-refractivity contribution is 7.90. The first kappa shape index (κ1) is 18.1. The largest absolute Gasteiger partial charge is 0.495 e. The number of halogens is 1. The lowest BCUT2D eigenvalue weighted by molar-refractivity contribution is -0.114. The predicted molar refractivity (Wildman–Crippen MR) is 94.7 cm³/mol. The first-order valence-electron chi connectivity index (χ1n) is 6.97. The number of hydrogen-bond acceptors (Lipinski definition) is 5. The van der Waals surface area contributed by atoms with Gasteiger partial charge in [0, 0.05) is 17.0 Å². The molecule has 0 atom stereocenters. The Kier molecular flexibility index (Phi) is 5.69. The van der Waals surface area contributed by atoms with Crippen LogP contribution in [0.3, 0.4) is 0 Å². The molecule has 1 amide bonds. The van der Waals surface area contributed by atoms with E-state index in [0.717, 1.165) is 6.26 Å². The van der Waals surface area contributed by atoms with Crippen molar-refractivity contribution in [3.63, 3.8) is 0 Å². The van der Waals surface area contributed by atoms with Crippen LogP contribution in [0.25, 0.3) is 0 Å². The molecule has 2 rings (SSSR count). The molecule has 0 aliphatic carbocycles. The van der Waals surface area contributed by atoms with Crippen LogP contribution in [0.4, 0.5) is 11.4 Å². The normalized spacial score (nSPS) is 11.0. The zero-order valence-corrected chi connectivity index (χ0v) is 14.7. The number of anilines is 2. The lowest BCUT2D eigenvalue weighted by atomic mass is 10.3. The molecule has 2 N–H and O–H groups in total. The third-order valence-electron chi connectivity index (χ3n) is 3.15. The van der Waals surface area contributed by atoms with Crippen LogP contribution in [0.2, 0.25) is 5.02 Å². The Morgan fingerprint density at radius 3 is 2.62 bits per heavy atom. The fraction of sp³-hybridized carbons (Fsp3) is 0.188. The van der Waals surface area contributed by atoms with Crippen LogP contribution in [-0.2, 0) is 14.6 Å². The van der Waals surface area contributed by atoms with Crippen molar-refractivity contribution in [2.24, 2.45) is 0 Å². The molecule has 128 valence electrons. The van der Waals surface area contributed by atoms with Crippen molar-refractivity contribution in [1.82, 2.24) is 0 Å². The molecule has 0 saturated carbocycles. The average molecular weight is 369 g/mol. The first-order chi connectivity index (χ1) is 11.3. The topological polar surface area (TPSA) is 84.5 Å². The van der Waals surface area contributed by atoms with Gasteiger partial charge in [0.15, 0.2) is 9.84 Å². The van der Waals surface area contributed by atoms with Crippen molar-refractivity contribution >= 4 is 38.7 Å². The summed E-state index contributed by atoms with van der Waals surface area (Å²) in [5.41, 5.74) is 0.993. The van der Waals surface area contributed by atoms with Gasteiger partial charge >= 0.3 is 0 Å². The second kappa shape index (κ2) is 7.55. The molecule has 0 radical (unpaired) electrons. The van der Waals surface area contributed by atoms with Crippen LogP contribution >= 0.6 is 11.6 Å². The number of rotatable bonds is 6. The Balaban J connectivity index is 2.03. The molecular weight excluding hydrogens is 352 g/mol. The van der Waals surface area contributed by atoms with Gasteiger partial charge in [-0.2, -0.15) is 0 Å². The molecule has 8 heteroatoms. The van der Waals surface area contributed by atoms with E-state index in [1.54, 1.807) is 30.3 Å². The van der Waals surface area contributed by atoms with E-state index in [-0.39, 0.29) is 17.3 Å². The molecule has 0 unspecified atom stereocenters. The van der Waals surface area contributed by atoms with Crippen molar-refractivity contribution in [1.29, 1.82) is 0 Å². The summed E-state index contributed by atoms with van der Waals surface area (Å²) in [4.78, 5) is 12.2. The van der Waals surface area contributed by atoms with Crippen LogP contribution < -0.4 is 15.4 Å². The standard InChI is InChI=1S/C16H17ClN2O4S/c1-23-15-7-6-11(17)8-14(15)19-16(20)10-18-12-4-3-5-13(9-12)24(2,21)22/h3-9,18H,10H2,1-2H3,(H,19,20). The van der Waals surface area contributed by atoms with Crippen molar-refractivity contribution < 1.29 is 17.9 Å². The third kappa shape index (κ3) is 4.87. The molecule has 6 nitrogen and oxygen atoms in total. The summed E-state index contributed by atoms with van der Waals surface area (Å²) in [5, 5.41) is 6.04. The van der Waals surface area contributed by atoms with E-state index in [2.05, 4.69) is 10.6 Å². The summed E-state index contributed by atoms with van der Waals surface area (Å²) in [6.07, 6.45) is 1.13. The molecule has 0 saturated heterocycles. The van der Waals surface area contributed by atoms with Gasteiger partial charge in [0.2, 0.25) is 5.91 Å². The van der Waals surface area contributed by atoms with Crippen LogP contribution in [0.15, 0.2) is 47.4 Å². The maximum absolute atomic E-state index is 12.1. The summed E-state index contributed by atoms with van der Waals surface area (Å²) < 4.78 is 28.2. The van der Waals surface area contributed by atoms with Crippen LogP contribution in [0.5, 0.6) is 5.75 Å². The molecule has 0 spiro atoms. The van der Waals surface area contributed by atoms with E-state index in [1.165, 1.54) is 19.2 Å². The molecule has 2 aromatic rings. The van der Waals surface area contributed by atoms with Crippen molar-refractivity contribution in [2.75, 3.05) is 30.5 Å². The Labute approximate surface area is 145 Å². The number of sulfone groups is 1. The van der Waals surface area contributed by atoms with Gasteiger partial charge in [-0.15, -0.1) is 0 Å². The van der Waals surface area contributed by atoms with E-state index in [9.17, 15) is 13.2 Å². The molecule has 0 bridgehead atoms. The summed E-state index contributed by atoms with van der Waals surface area (Å²) in [7, 11) is -1.80. The maximum Gasteiger partial charge on any atom is 0.243 e. The number of nitrogens with one attached hydrogen (secondary N) is 2. The van der Waals surface area contributed by atoms with Gasteiger partial charge in [-0.3, -0.25) is 4.79 Å². The Morgan fingerprint density at radius 2 is 1.96 bits per heavy atom. The number of ether oxygens (including phenoxy) is 1. The van der Waals surface area contributed by atoms with Gasteiger partial charge in [-0.25, -0.2) is 8.42 Å². The predicted octanol–water partition coefficient (Wildman–Crippen LogP) is 2.80. The van der Waals surface area contributed by atoms with E-state index in [0.29, 0.717) is 22.1 Å². The highest BCUT2D eigenvalue weighted by Crippen LogP contribution is 2.27. The highest BCUT2D eigenvalue weighted by atomic mass is 35.5. The van der Waals surface area contributed by atoms with E-state index >= 15 is 0 Å². The van der Waals surface area contributed by atoms with Crippen LogP contribution in [-0.4, -0.2) is 34.2 Å². The number of hydrogen-bond donors (Lipinski definition) is 2. The lowest BCUT2D eigenvalue weighted by Crippen LogP contribution is -2.22. The SMILES string of the molecule is COc1ccc(Cl)cc1NC(=O)CNc1cccc(S(C)(=O)=O)c1. The monoisotopic (exact) mass is 368 g/mol. The first-order valence-corrected chi connectivity index (χ1v) is 9.24. The number of benzene rings is 2. The van der Waals surface area contributed by atoms with Crippen LogP contribution in [0, 0.1) is 0 Å².